The van der Waals surface area contributed by atoms with Crippen molar-refractivity contribution in [3.8, 4) is 0 Å². The van der Waals surface area contributed by atoms with Crippen LogP contribution in [0.5, 0.6) is 0 Å². The third-order valence-corrected chi connectivity index (χ3v) is 5.24. The van der Waals surface area contributed by atoms with Crippen molar-refractivity contribution >= 4 is 11.8 Å². The molecule has 3 heterocycles. The van der Waals surface area contributed by atoms with E-state index in [0.29, 0.717) is 6.04 Å². The molecule has 3 rings (SSSR count). The molecule has 2 saturated heterocycles. The first kappa shape index (κ1) is 12.5. The number of thioether (sulfide) groups is 1. The first-order chi connectivity index (χ1) is 8.69. The zero-order chi connectivity index (χ0) is 12.6. The van der Waals surface area contributed by atoms with Gasteiger partial charge in [0.15, 0.2) is 0 Å². The van der Waals surface area contributed by atoms with Gasteiger partial charge in [-0.2, -0.15) is 16.9 Å². The summed E-state index contributed by atoms with van der Waals surface area (Å²) >= 11 is 1.99. The number of aromatic nitrogens is 2. The van der Waals surface area contributed by atoms with Crippen molar-refractivity contribution in [1.29, 1.82) is 0 Å². The Morgan fingerprint density at radius 1 is 1.67 bits per heavy atom. The Kier molecular flexibility index (Phi) is 3.38. The van der Waals surface area contributed by atoms with Crippen molar-refractivity contribution < 1.29 is 9.84 Å². The van der Waals surface area contributed by atoms with Gasteiger partial charge in [-0.1, -0.05) is 0 Å². The Bertz CT molecular complexity index is 413. The first-order valence-electron chi connectivity index (χ1n) is 6.62. The second-order valence-corrected chi connectivity index (χ2v) is 6.52. The summed E-state index contributed by atoms with van der Waals surface area (Å²) in [4.78, 5) is 0. The summed E-state index contributed by atoms with van der Waals surface area (Å²) in [5, 5.41) is 14.0. The Morgan fingerprint density at radius 3 is 3.22 bits per heavy atom. The molecule has 0 aliphatic carbocycles. The van der Waals surface area contributed by atoms with Gasteiger partial charge in [-0.15, -0.1) is 0 Å². The van der Waals surface area contributed by atoms with Gasteiger partial charge in [0.2, 0.25) is 0 Å². The molecule has 0 amide bonds. The second-order valence-electron chi connectivity index (χ2n) is 5.41. The molecular formula is C13H20N2O2S. The van der Waals surface area contributed by atoms with Crippen LogP contribution in [-0.2, 0) is 4.74 Å². The van der Waals surface area contributed by atoms with Gasteiger partial charge in [0.05, 0.1) is 23.9 Å². The zero-order valence-electron chi connectivity index (χ0n) is 10.7. The monoisotopic (exact) mass is 268 g/mol. The summed E-state index contributed by atoms with van der Waals surface area (Å²) in [7, 11) is 0. The summed E-state index contributed by atoms with van der Waals surface area (Å²) in [5.74, 6) is 2.33. The minimum atomic E-state index is -0.436. The lowest BCUT2D eigenvalue weighted by atomic mass is 9.90. The van der Waals surface area contributed by atoms with Crippen molar-refractivity contribution in [1.82, 2.24) is 9.78 Å². The highest BCUT2D eigenvalue weighted by Crippen LogP contribution is 2.41. The number of hydrogen-bond donors (Lipinski definition) is 1. The van der Waals surface area contributed by atoms with Gasteiger partial charge in [0.25, 0.3) is 0 Å². The molecule has 0 saturated carbocycles. The topological polar surface area (TPSA) is 47.3 Å². The molecule has 0 aromatic carbocycles. The normalized spacial score (nSPS) is 34.0. The van der Waals surface area contributed by atoms with Gasteiger partial charge in [0, 0.05) is 24.1 Å². The van der Waals surface area contributed by atoms with Crippen molar-refractivity contribution in [3.05, 3.63) is 18.0 Å². The van der Waals surface area contributed by atoms with Crippen LogP contribution in [0.3, 0.4) is 0 Å². The second kappa shape index (κ2) is 4.87. The van der Waals surface area contributed by atoms with Gasteiger partial charge in [-0.3, -0.25) is 4.68 Å². The molecule has 3 atom stereocenters. The molecule has 0 bridgehead atoms. The summed E-state index contributed by atoms with van der Waals surface area (Å²) in [6.45, 7) is 2.61. The fraction of sp³-hybridized carbons (Fsp3) is 0.769. The van der Waals surface area contributed by atoms with Crippen LogP contribution in [0, 0.1) is 0 Å². The molecule has 1 aromatic rings. The number of rotatable bonds is 2. The standard InChI is InChI=1S/C13H20N2O2S/c1-10(16)11-7-14-15(8-11)12-2-4-17-13(6-12)3-5-18-9-13/h7-8,10,12,16H,2-6,9H2,1H3. The predicted molar refractivity (Wildman–Crippen MR) is 71.8 cm³/mol. The van der Waals surface area contributed by atoms with Gasteiger partial charge in [-0.25, -0.2) is 0 Å². The van der Waals surface area contributed by atoms with Gasteiger partial charge >= 0.3 is 0 Å². The van der Waals surface area contributed by atoms with Gasteiger partial charge in [0.1, 0.15) is 0 Å². The highest BCUT2D eigenvalue weighted by atomic mass is 32.2. The molecule has 0 radical (unpaired) electrons. The van der Waals surface area contributed by atoms with E-state index >= 15 is 0 Å². The van der Waals surface area contributed by atoms with Crippen molar-refractivity contribution in [2.45, 2.75) is 43.9 Å². The van der Waals surface area contributed by atoms with E-state index in [1.165, 1.54) is 12.2 Å². The summed E-state index contributed by atoms with van der Waals surface area (Å²) in [6, 6.07) is 0.421. The van der Waals surface area contributed by atoms with Crippen LogP contribution in [0.25, 0.3) is 0 Å². The van der Waals surface area contributed by atoms with E-state index in [9.17, 15) is 5.11 Å². The fourth-order valence-electron chi connectivity index (χ4n) is 2.86. The Balaban J connectivity index is 1.75. The minimum absolute atomic E-state index is 0.0878. The molecule has 18 heavy (non-hydrogen) atoms. The van der Waals surface area contributed by atoms with Crippen LogP contribution in [0.2, 0.25) is 0 Å². The number of hydrogen-bond acceptors (Lipinski definition) is 4. The lowest BCUT2D eigenvalue weighted by Gasteiger charge is -2.37. The number of aliphatic hydroxyl groups is 1. The highest BCUT2D eigenvalue weighted by molar-refractivity contribution is 7.99. The zero-order valence-corrected chi connectivity index (χ0v) is 11.5. The van der Waals surface area contributed by atoms with Crippen LogP contribution in [-0.4, -0.2) is 38.6 Å². The van der Waals surface area contributed by atoms with Gasteiger partial charge < -0.3 is 9.84 Å². The maximum Gasteiger partial charge on any atom is 0.0800 e. The van der Waals surface area contributed by atoms with E-state index in [0.717, 1.165) is 30.8 Å². The van der Waals surface area contributed by atoms with Crippen molar-refractivity contribution in [3.63, 3.8) is 0 Å². The predicted octanol–water partition coefficient (Wildman–Crippen LogP) is 2.16. The van der Waals surface area contributed by atoms with E-state index in [2.05, 4.69) is 5.10 Å². The van der Waals surface area contributed by atoms with Crippen LogP contribution in [0.1, 0.15) is 43.9 Å². The quantitative estimate of drug-likeness (QED) is 0.893. The molecule has 5 heteroatoms. The minimum Gasteiger partial charge on any atom is -0.389 e. The average molecular weight is 268 g/mol. The number of aliphatic hydroxyl groups excluding tert-OH is 1. The van der Waals surface area contributed by atoms with Crippen LogP contribution < -0.4 is 0 Å². The molecule has 4 nitrogen and oxygen atoms in total. The maximum absolute atomic E-state index is 9.56. The number of ether oxygens (including phenoxy) is 1. The molecule has 1 N–H and O–H groups in total. The average Bonchev–Trinajstić information content (AvgIpc) is 2.98. The van der Waals surface area contributed by atoms with Gasteiger partial charge in [-0.05, 0) is 31.9 Å². The van der Waals surface area contributed by atoms with E-state index in [-0.39, 0.29) is 5.60 Å². The van der Waals surface area contributed by atoms with Crippen molar-refractivity contribution in [2.24, 2.45) is 0 Å². The van der Waals surface area contributed by atoms with E-state index in [1.54, 1.807) is 13.1 Å². The molecular weight excluding hydrogens is 248 g/mol. The third-order valence-electron chi connectivity index (χ3n) is 4.01. The van der Waals surface area contributed by atoms with Crippen LogP contribution >= 0.6 is 11.8 Å². The SMILES string of the molecule is CC(O)c1cnn(C2CCOC3(CCSC3)C2)c1. The Labute approximate surface area is 112 Å². The summed E-state index contributed by atoms with van der Waals surface area (Å²) < 4.78 is 8.04. The van der Waals surface area contributed by atoms with E-state index in [4.69, 9.17) is 4.74 Å². The Morgan fingerprint density at radius 2 is 2.56 bits per heavy atom. The first-order valence-corrected chi connectivity index (χ1v) is 7.78. The fourth-order valence-corrected chi connectivity index (χ4v) is 4.24. The maximum atomic E-state index is 9.56. The van der Waals surface area contributed by atoms with Crippen molar-refractivity contribution in [2.75, 3.05) is 18.1 Å². The Hall–Kier alpha value is -0.520. The van der Waals surface area contributed by atoms with E-state index in [1.807, 2.05) is 22.6 Å². The summed E-state index contributed by atoms with van der Waals surface area (Å²) in [5.41, 5.74) is 0.987. The smallest absolute Gasteiger partial charge is 0.0800 e. The molecule has 2 aliphatic heterocycles. The largest absolute Gasteiger partial charge is 0.389 e. The lowest BCUT2D eigenvalue weighted by molar-refractivity contribution is -0.0778. The molecule has 2 aliphatic rings. The lowest BCUT2D eigenvalue weighted by Crippen LogP contribution is -2.40. The molecule has 1 spiro atoms. The molecule has 100 valence electrons. The molecule has 1 aromatic heterocycles. The summed E-state index contributed by atoms with van der Waals surface area (Å²) in [6.07, 6.45) is 6.56. The molecule has 3 unspecified atom stereocenters. The van der Waals surface area contributed by atoms with Crippen LogP contribution in [0.4, 0.5) is 0 Å². The van der Waals surface area contributed by atoms with Crippen LogP contribution in [0.15, 0.2) is 12.4 Å². The highest BCUT2D eigenvalue weighted by Gasteiger charge is 2.41. The molecule has 2 fully saturated rings. The third kappa shape index (κ3) is 2.31. The van der Waals surface area contributed by atoms with E-state index < -0.39 is 6.10 Å². The number of nitrogens with zero attached hydrogens (tertiary/aromatic N) is 2.